The third kappa shape index (κ3) is 4.23. The maximum atomic E-state index is 11.3. The molecule has 1 saturated heterocycles. The minimum absolute atomic E-state index is 0.382. The van der Waals surface area contributed by atoms with E-state index < -0.39 is 9.84 Å². The lowest BCUT2D eigenvalue weighted by Gasteiger charge is -2.30. The molecular formula is C14H27NO2S. The molecule has 1 N–H and O–H groups in total. The van der Waals surface area contributed by atoms with Gasteiger partial charge in [-0.15, -0.1) is 0 Å². The molecule has 0 aromatic heterocycles. The minimum Gasteiger partial charge on any atom is -0.314 e. The second-order valence-electron chi connectivity index (χ2n) is 6.13. The summed E-state index contributed by atoms with van der Waals surface area (Å²) in [5, 5.41) is 3.60. The van der Waals surface area contributed by atoms with Gasteiger partial charge in [-0.3, -0.25) is 0 Å². The molecule has 1 aliphatic heterocycles. The van der Waals surface area contributed by atoms with Gasteiger partial charge in [-0.05, 0) is 44.1 Å². The van der Waals surface area contributed by atoms with Gasteiger partial charge in [-0.1, -0.05) is 26.2 Å². The summed E-state index contributed by atoms with van der Waals surface area (Å²) in [6, 6.07) is 0.442. The van der Waals surface area contributed by atoms with Gasteiger partial charge in [0.2, 0.25) is 0 Å². The van der Waals surface area contributed by atoms with E-state index in [1.165, 1.54) is 32.1 Å². The zero-order chi connectivity index (χ0) is 13.0. The average molecular weight is 273 g/mol. The fourth-order valence-electron chi connectivity index (χ4n) is 3.27. The van der Waals surface area contributed by atoms with Gasteiger partial charge in [-0.25, -0.2) is 8.42 Å². The maximum absolute atomic E-state index is 11.3. The second kappa shape index (κ2) is 6.38. The molecule has 1 saturated carbocycles. The van der Waals surface area contributed by atoms with E-state index >= 15 is 0 Å². The molecule has 0 unspecified atom stereocenters. The third-order valence-electron chi connectivity index (χ3n) is 4.79. The Morgan fingerprint density at radius 2 is 1.50 bits per heavy atom. The first-order valence-electron chi connectivity index (χ1n) is 7.53. The van der Waals surface area contributed by atoms with Gasteiger partial charge in [-0.2, -0.15) is 0 Å². The van der Waals surface area contributed by atoms with Crippen LogP contribution < -0.4 is 5.32 Å². The van der Waals surface area contributed by atoms with Crippen molar-refractivity contribution >= 4 is 9.84 Å². The smallest absolute Gasteiger partial charge is 0.150 e. The predicted octanol–water partition coefficient (Wildman–Crippen LogP) is 2.37. The third-order valence-corrected chi connectivity index (χ3v) is 6.51. The van der Waals surface area contributed by atoms with Gasteiger partial charge in [0.25, 0.3) is 0 Å². The van der Waals surface area contributed by atoms with E-state index in [0.717, 1.165) is 31.2 Å². The highest BCUT2D eigenvalue weighted by molar-refractivity contribution is 7.91. The van der Waals surface area contributed by atoms with Crippen molar-refractivity contribution in [1.82, 2.24) is 5.32 Å². The van der Waals surface area contributed by atoms with Crippen LogP contribution in [0.25, 0.3) is 0 Å². The highest BCUT2D eigenvalue weighted by Crippen LogP contribution is 2.30. The first-order chi connectivity index (χ1) is 8.59. The van der Waals surface area contributed by atoms with E-state index in [9.17, 15) is 8.42 Å². The Balaban J connectivity index is 1.64. The monoisotopic (exact) mass is 273 g/mol. The van der Waals surface area contributed by atoms with Crippen molar-refractivity contribution in [3.8, 4) is 0 Å². The van der Waals surface area contributed by atoms with Crippen molar-refractivity contribution < 1.29 is 8.42 Å². The van der Waals surface area contributed by atoms with E-state index in [2.05, 4.69) is 12.2 Å². The van der Waals surface area contributed by atoms with Crippen LogP contribution in [0.4, 0.5) is 0 Å². The quantitative estimate of drug-likeness (QED) is 0.855. The Morgan fingerprint density at radius 1 is 0.944 bits per heavy atom. The Bertz CT molecular complexity index is 331. The normalized spacial score (nSPS) is 33.4. The van der Waals surface area contributed by atoms with Crippen LogP contribution >= 0.6 is 0 Å². The van der Waals surface area contributed by atoms with Gasteiger partial charge in [0.1, 0.15) is 9.84 Å². The summed E-state index contributed by atoms with van der Waals surface area (Å²) in [5.74, 6) is 2.55. The molecule has 18 heavy (non-hydrogen) atoms. The standard InChI is InChI=1S/C14H27NO2S/c1-2-12-3-5-13(6-4-12)11-15-14-7-9-18(16,17)10-8-14/h12-15H,2-11H2,1H3. The first kappa shape index (κ1) is 14.3. The summed E-state index contributed by atoms with van der Waals surface area (Å²) in [7, 11) is -2.71. The average Bonchev–Trinajstić information content (AvgIpc) is 2.38. The highest BCUT2D eigenvalue weighted by atomic mass is 32.2. The molecule has 3 nitrogen and oxygen atoms in total. The first-order valence-corrected chi connectivity index (χ1v) is 9.35. The molecule has 0 bridgehead atoms. The van der Waals surface area contributed by atoms with Gasteiger partial charge in [0, 0.05) is 6.04 Å². The Hall–Kier alpha value is -0.0900. The van der Waals surface area contributed by atoms with Crippen LogP contribution in [-0.2, 0) is 9.84 Å². The van der Waals surface area contributed by atoms with Crippen LogP contribution in [0.5, 0.6) is 0 Å². The number of sulfone groups is 1. The van der Waals surface area contributed by atoms with E-state index in [-0.39, 0.29) is 0 Å². The SMILES string of the molecule is CCC1CCC(CNC2CCS(=O)(=O)CC2)CC1. The number of rotatable bonds is 4. The largest absolute Gasteiger partial charge is 0.314 e. The molecule has 0 aromatic rings. The fourth-order valence-corrected chi connectivity index (χ4v) is 4.76. The van der Waals surface area contributed by atoms with Crippen molar-refractivity contribution in [2.24, 2.45) is 11.8 Å². The van der Waals surface area contributed by atoms with Crippen molar-refractivity contribution in [2.75, 3.05) is 18.1 Å². The van der Waals surface area contributed by atoms with Gasteiger partial charge < -0.3 is 5.32 Å². The predicted molar refractivity (Wildman–Crippen MR) is 75.4 cm³/mol. The lowest BCUT2D eigenvalue weighted by atomic mass is 9.81. The molecule has 4 heteroatoms. The lowest BCUT2D eigenvalue weighted by Crippen LogP contribution is -2.40. The van der Waals surface area contributed by atoms with Gasteiger partial charge in [0.15, 0.2) is 0 Å². The number of hydrogen-bond donors (Lipinski definition) is 1. The zero-order valence-electron chi connectivity index (χ0n) is 11.5. The minimum atomic E-state index is -2.71. The summed E-state index contributed by atoms with van der Waals surface area (Å²) >= 11 is 0. The highest BCUT2D eigenvalue weighted by Gasteiger charge is 2.25. The lowest BCUT2D eigenvalue weighted by molar-refractivity contribution is 0.254. The Labute approximate surface area is 112 Å². The van der Waals surface area contributed by atoms with Crippen LogP contribution in [0.15, 0.2) is 0 Å². The van der Waals surface area contributed by atoms with E-state index in [1.54, 1.807) is 0 Å². The molecule has 0 atom stereocenters. The molecular weight excluding hydrogens is 246 g/mol. The summed E-state index contributed by atoms with van der Waals surface area (Å²) < 4.78 is 22.7. The number of nitrogens with one attached hydrogen (secondary N) is 1. The van der Waals surface area contributed by atoms with Gasteiger partial charge >= 0.3 is 0 Å². The summed E-state index contributed by atoms with van der Waals surface area (Å²) in [6.45, 7) is 3.40. The summed E-state index contributed by atoms with van der Waals surface area (Å²) in [5.41, 5.74) is 0. The second-order valence-corrected chi connectivity index (χ2v) is 8.43. The van der Waals surface area contributed by atoms with Crippen LogP contribution in [0.2, 0.25) is 0 Å². The maximum Gasteiger partial charge on any atom is 0.150 e. The van der Waals surface area contributed by atoms with Crippen LogP contribution in [-0.4, -0.2) is 32.5 Å². The van der Waals surface area contributed by atoms with Crippen LogP contribution in [0.1, 0.15) is 51.9 Å². The Morgan fingerprint density at radius 3 is 2.06 bits per heavy atom. The number of hydrogen-bond acceptors (Lipinski definition) is 3. The van der Waals surface area contributed by atoms with Crippen LogP contribution in [0.3, 0.4) is 0 Å². The summed E-state index contributed by atoms with van der Waals surface area (Å²) in [4.78, 5) is 0. The molecule has 1 heterocycles. The van der Waals surface area contributed by atoms with Crippen molar-refractivity contribution in [3.05, 3.63) is 0 Å². The molecule has 1 aliphatic carbocycles. The molecule has 0 amide bonds. The van der Waals surface area contributed by atoms with Crippen molar-refractivity contribution in [2.45, 2.75) is 57.9 Å². The molecule has 0 aromatic carbocycles. The molecule has 0 radical (unpaired) electrons. The van der Waals surface area contributed by atoms with Crippen molar-refractivity contribution in [3.63, 3.8) is 0 Å². The van der Waals surface area contributed by atoms with Gasteiger partial charge in [0.05, 0.1) is 11.5 Å². The van der Waals surface area contributed by atoms with E-state index in [0.29, 0.717) is 17.5 Å². The van der Waals surface area contributed by atoms with E-state index in [1.807, 2.05) is 0 Å². The molecule has 2 fully saturated rings. The molecule has 2 rings (SSSR count). The zero-order valence-corrected chi connectivity index (χ0v) is 12.3. The molecule has 0 spiro atoms. The van der Waals surface area contributed by atoms with E-state index in [4.69, 9.17) is 0 Å². The fraction of sp³-hybridized carbons (Fsp3) is 1.00. The molecule has 2 aliphatic rings. The topological polar surface area (TPSA) is 46.2 Å². The van der Waals surface area contributed by atoms with Crippen molar-refractivity contribution in [1.29, 1.82) is 0 Å². The molecule has 106 valence electrons. The Kier molecular flexibility index (Phi) is 5.07. The van der Waals surface area contributed by atoms with Crippen LogP contribution in [0, 0.1) is 11.8 Å². The summed E-state index contributed by atoms with van der Waals surface area (Å²) in [6.07, 6.45) is 8.46.